The smallest absolute Gasteiger partial charge is 0.263 e. The van der Waals surface area contributed by atoms with E-state index in [9.17, 15) is 4.79 Å². The number of benzene rings is 1. The standard InChI is InChI=1S/C18H21N5O/c1-18(2,3)23-15-13(10-19-23)16(24)22-17(21-15)20-14-9-8-11-6-4-5-7-12(11)14/h4-7,10,14H,8-9H2,1-3H3,(H2,20,21,22,24). The van der Waals surface area contributed by atoms with Gasteiger partial charge in [-0.05, 0) is 44.7 Å². The van der Waals surface area contributed by atoms with Crippen molar-refractivity contribution in [2.75, 3.05) is 5.32 Å². The van der Waals surface area contributed by atoms with Gasteiger partial charge >= 0.3 is 0 Å². The van der Waals surface area contributed by atoms with Gasteiger partial charge in [-0.1, -0.05) is 24.3 Å². The summed E-state index contributed by atoms with van der Waals surface area (Å²) >= 11 is 0. The van der Waals surface area contributed by atoms with Gasteiger partial charge in [-0.3, -0.25) is 9.78 Å². The van der Waals surface area contributed by atoms with Gasteiger partial charge in [0, 0.05) is 0 Å². The molecule has 1 aromatic carbocycles. The maximum absolute atomic E-state index is 12.4. The molecule has 1 atom stereocenters. The number of anilines is 1. The Balaban J connectivity index is 1.75. The van der Waals surface area contributed by atoms with E-state index < -0.39 is 0 Å². The van der Waals surface area contributed by atoms with E-state index in [2.05, 4.69) is 38.6 Å². The zero-order valence-corrected chi connectivity index (χ0v) is 14.1. The van der Waals surface area contributed by atoms with Gasteiger partial charge in [0.15, 0.2) is 5.65 Å². The lowest BCUT2D eigenvalue weighted by atomic mass is 10.1. The zero-order valence-electron chi connectivity index (χ0n) is 14.1. The number of aromatic amines is 1. The highest BCUT2D eigenvalue weighted by molar-refractivity contribution is 5.74. The van der Waals surface area contributed by atoms with Crippen LogP contribution in [0.15, 0.2) is 35.3 Å². The molecule has 0 fully saturated rings. The molecule has 1 unspecified atom stereocenters. The molecule has 1 aliphatic carbocycles. The number of fused-ring (bicyclic) bond motifs is 2. The largest absolute Gasteiger partial charge is 0.349 e. The number of nitrogens with one attached hydrogen (secondary N) is 2. The van der Waals surface area contributed by atoms with Crippen LogP contribution in [0.3, 0.4) is 0 Å². The van der Waals surface area contributed by atoms with E-state index >= 15 is 0 Å². The Morgan fingerprint density at radius 3 is 2.88 bits per heavy atom. The number of nitrogens with zero attached hydrogens (tertiary/aromatic N) is 3. The highest BCUT2D eigenvalue weighted by atomic mass is 16.1. The summed E-state index contributed by atoms with van der Waals surface area (Å²) in [6, 6.07) is 8.58. The van der Waals surface area contributed by atoms with Gasteiger partial charge in [0.25, 0.3) is 5.56 Å². The van der Waals surface area contributed by atoms with E-state index in [1.807, 2.05) is 26.8 Å². The molecule has 0 aliphatic heterocycles. The van der Waals surface area contributed by atoms with Crippen LogP contribution in [0.25, 0.3) is 11.0 Å². The maximum atomic E-state index is 12.4. The van der Waals surface area contributed by atoms with Crippen molar-refractivity contribution in [1.29, 1.82) is 0 Å². The molecule has 124 valence electrons. The molecule has 0 saturated carbocycles. The Kier molecular flexibility index (Phi) is 3.23. The van der Waals surface area contributed by atoms with E-state index in [-0.39, 0.29) is 17.1 Å². The summed E-state index contributed by atoms with van der Waals surface area (Å²) in [7, 11) is 0. The first-order valence-electron chi connectivity index (χ1n) is 8.26. The van der Waals surface area contributed by atoms with E-state index in [0.29, 0.717) is 17.0 Å². The molecular formula is C18H21N5O. The SMILES string of the molecule is CC(C)(C)n1ncc2c(=O)[nH]c(NC3CCc4ccccc43)nc21. The molecule has 6 nitrogen and oxygen atoms in total. The van der Waals surface area contributed by atoms with Crippen LogP contribution in [0.4, 0.5) is 5.95 Å². The third kappa shape index (κ3) is 2.38. The summed E-state index contributed by atoms with van der Waals surface area (Å²) in [6.45, 7) is 6.13. The fourth-order valence-corrected chi connectivity index (χ4v) is 3.35. The molecule has 2 N–H and O–H groups in total. The fraction of sp³-hybridized carbons (Fsp3) is 0.389. The molecular weight excluding hydrogens is 302 g/mol. The Labute approximate surface area is 139 Å². The Morgan fingerprint density at radius 1 is 1.29 bits per heavy atom. The number of hydrogen-bond donors (Lipinski definition) is 2. The van der Waals surface area contributed by atoms with E-state index in [0.717, 1.165) is 12.8 Å². The minimum Gasteiger partial charge on any atom is -0.349 e. The normalized spacial score (nSPS) is 17.2. The minimum absolute atomic E-state index is 0.163. The van der Waals surface area contributed by atoms with Crippen molar-refractivity contribution in [1.82, 2.24) is 19.7 Å². The Bertz CT molecular complexity index is 963. The van der Waals surface area contributed by atoms with Crippen molar-refractivity contribution in [2.24, 2.45) is 0 Å². The number of aromatic nitrogens is 4. The number of hydrogen-bond acceptors (Lipinski definition) is 4. The number of rotatable bonds is 2. The van der Waals surface area contributed by atoms with Crippen LogP contribution < -0.4 is 10.9 Å². The summed E-state index contributed by atoms with van der Waals surface area (Å²) in [4.78, 5) is 19.8. The highest BCUT2D eigenvalue weighted by Crippen LogP contribution is 2.32. The van der Waals surface area contributed by atoms with Crippen LogP contribution >= 0.6 is 0 Å². The second-order valence-electron chi connectivity index (χ2n) is 7.31. The highest BCUT2D eigenvalue weighted by Gasteiger charge is 2.24. The molecule has 2 aromatic heterocycles. The molecule has 2 heterocycles. The first-order valence-corrected chi connectivity index (χ1v) is 8.26. The average molecular weight is 323 g/mol. The van der Waals surface area contributed by atoms with Crippen molar-refractivity contribution in [3.8, 4) is 0 Å². The summed E-state index contributed by atoms with van der Waals surface area (Å²) in [6.07, 6.45) is 3.63. The lowest BCUT2D eigenvalue weighted by Gasteiger charge is -2.20. The van der Waals surface area contributed by atoms with Gasteiger partial charge in [0.1, 0.15) is 5.39 Å². The molecule has 0 amide bonds. The van der Waals surface area contributed by atoms with E-state index in [1.165, 1.54) is 11.1 Å². The molecule has 4 rings (SSSR count). The molecule has 0 spiro atoms. The van der Waals surface area contributed by atoms with Crippen LogP contribution in [-0.4, -0.2) is 19.7 Å². The van der Waals surface area contributed by atoms with Crippen LogP contribution in [0.2, 0.25) is 0 Å². The van der Waals surface area contributed by atoms with Crippen LogP contribution in [0, 0.1) is 0 Å². The molecule has 0 bridgehead atoms. The van der Waals surface area contributed by atoms with Gasteiger partial charge in [0.05, 0.1) is 17.8 Å². The van der Waals surface area contributed by atoms with Gasteiger partial charge < -0.3 is 5.32 Å². The van der Waals surface area contributed by atoms with Crippen molar-refractivity contribution >= 4 is 17.0 Å². The summed E-state index contributed by atoms with van der Waals surface area (Å²) in [5.74, 6) is 0.500. The third-order valence-electron chi connectivity index (χ3n) is 4.52. The quantitative estimate of drug-likeness (QED) is 0.760. The maximum Gasteiger partial charge on any atom is 0.263 e. The van der Waals surface area contributed by atoms with Gasteiger partial charge in [-0.25, -0.2) is 4.68 Å². The Hall–Kier alpha value is -2.63. The topological polar surface area (TPSA) is 75.6 Å². The van der Waals surface area contributed by atoms with Crippen molar-refractivity contribution in [2.45, 2.75) is 45.2 Å². The fourth-order valence-electron chi connectivity index (χ4n) is 3.35. The monoisotopic (exact) mass is 323 g/mol. The second-order valence-corrected chi connectivity index (χ2v) is 7.31. The lowest BCUT2D eigenvalue weighted by Crippen LogP contribution is -2.24. The van der Waals surface area contributed by atoms with E-state index in [4.69, 9.17) is 0 Å². The lowest BCUT2D eigenvalue weighted by molar-refractivity contribution is 0.366. The number of aryl methyl sites for hydroxylation is 1. The van der Waals surface area contributed by atoms with Crippen LogP contribution in [-0.2, 0) is 12.0 Å². The third-order valence-corrected chi connectivity index (χ3v) is 4.52. The summed E-state index contributed by atoms with van der Waals surface area (Å²) in [5, 5.41) is 8.25. The Morgan fingerprint density at radius 2 is 2.08 bits per heavy atom. The zero-order chi connectivity index (χ0) is 16.9. The molecule has 3 aromatic rings. The first kappa shape index (κ1) is 14.9. The van der Waals surface area contributed by atoms with E-state index in [1.54, 1.807) is 10.9 Å². The second kappa shape index (κ2) is 5.19. The van der Waals surface area contributed by atoms with Crippen molar-refractivity contribution in [3.05, 3.63) is 51.9 Å². The molecule has 1 aliphatic rings. The first-order chi connectivity index (χ1) is 11.4. The van der Waals surface area contributed by atoms with Gasteiger partial charge in [0.2, 0.25) is 5.95 Å². The van der Waals surface area contributed by atoms with Gasteiger partial charge in [-0.2, -0.15) is 10.1 Å². The predicted molar refractivity (Wildman–Crippen MR) is 94.3 cm³/mol. The average Bonchev–Trinajstić information content (AvgIpc) is 3.12. The molecule has 24 heavy (non-hydrogen) atoms. The van der Waals surface area contributed by atoms with Crippen LogP contribution in [0.1, 0.15) is 44.4 Å². The number of H-pyrrole nitrogens is 1. The van der Waals surface area contributed by atoms with Crippen LogP contribution in [0.5, 0.6) is 0 Å². The summed E-state index contributed by atoms with van der Waals surface area (Å²) in [5.41, 5.74) is 2.85. The minimum atomic E-state index is -0.236. The van der Waals surface area contributed by atoms with Crippen molar-refractivity contribution in [3.63, 3.8) is 0 Å². The van der Waals surface area contributed by atoms with Crippen molar-refractivity contribution < 1.29 is 0 Å². The molecule has 0 radical (unpaired) electrons. The predicted octanol–water partition coefficient (Wildman–Crippen LogP) is 2.97. The van der Waals surface area contributed by atoms with Gasteiger partial charge in [-0.15, -0.1) is 0 Å². The molecule has 6 heteroatoms. The molecule has 0 saturated heterocycles. The summed E-state index contributed by atoms with van der Waals surface area (Å²) < 4.78 is 1.80.